The first kappa shape index (κ1) is 15.6. The van der Waals surface area contributed by atoms with Gasteiger partial charge >= 0.3 is 5.97 Å². The van der Waals surface area contributed by atoms with Crippen LogP contribution in [0.25, 0.3) is 0 Å². The van der Waals surface area contributed by atoms with E-state index in [2.05, 4.69) is 5.32 Å². The van der Waals surface area contributed by atoms with Crippen LogP contribution in [0.2, 0.25) is 0 Å². The molecule has 1 amide bonds. The molecule has 0 aromatic heterocycles. The molecule has 0 aliphatic carbocycles. The van der Waals surface area contributed by atoms with E-state index in [0.717, 1.165) is 24.3 Å². The fourth-order valence-electron chi connectivity index (χ4n) is 1.91. The van der Waals surface area contributed by atoms with Gasteiger partial charge in [-0.05, 0) is 36.8 Å². The highest BCUT2D eigenvalue weighted by Crippen LogP contribution is 2.21. The molecule has 2 aromatic rings. The maximum absolute atomic E-state index is 13.6. The Morgan fingerprint density at radius 3 is 2.23 bits per heavy atom. The lowest BCUT2D eigenvalue weighted by atomic mass is 10.1. The molecule has 22 heavy (non-hydrogen) atoms. The third-order valence-electron chi connectivity index (χ3n) is 2.93. The molecule has 0 spiro atoms. The van der Waals surface area contributed by atoms with Crippen LogP contribution >= 0.6 is 0 Å². The number of halogens is 3. The molecule has 0 aliphatic heterocycles. The molecular weight excluding hydrogens is 299 g/mol. The molecule has 4 nitrogen and oxygen atoms in total. The molecule has 114 valence electrons. The van der Waals surface area contributed by atoms with Gasteiger partial charge in [-0.3, -0.25) is 4.79 Å². The lowest BCUT2D eigenvalue weighted by molar-refractivity contribution is 0.0691. The third kappa shape index (κ3) is 2.93. The van der Waals surface area contributed by atoms with Crippen LogP contribution in [0.3, 0.4) is 0 Å². The Morgan fingerprint density at radius 1 is 1.09 bits per heavy atom. The zero-order valence-corrected chi connectivity index (χ0v) is 11.3. The lowest BCUT2D eigenvalue weighted by Gasteiger charge is -2.10. The molecule has 7 heteroatoms. The van der Waals surface area contributed by atoms with Crippen molar-refractivity contribution in [1.29, 1.82) is 0 Å². The first-order valence-electron chi connectivity index (χ1n) is 6.10. The van der Waals surface area contributed by atoms with Crippen molar-refractivity contribution in [2.24, 2.45) is 0 Å². The SMILES string of the molecule is Cc1cc(NC(=O)c2c(F)cccc2F)cc(C(=O)O)c1F. The number of carboxylic acid groups (broad SMARTS) is 1. The van der Waals surface area contributed by atoms with Crippen LogP contribution in [0.5, 0.6) is 0 Å². The Kier molecular flexibility index (Phi) is 4.16. The highest BCUT2D eigenvalue weighted by Gasteiger charge is 2.19. The lowest BCUT2D eigenvalue weighted by Crippen LogP contribution is -2.16. The summed E-state index contributed by atoms with van der Waals surface area (Å²) in [7, 11) is 0. The molecular formula is C15H10F3NO3. The predicted octanol–water partition coefficient (Wildman–Crippen LogP) is 3.36. The van der Waals surface area contributed by atoms with Crippen LogP contribution in [0, 0.1) is 24.4 Å². The first-order valence-corrected chi connectivity index (χ1v) is 6.10. The summed E-state index contributed by atoms with van der Waals surface area (Å²) in [6, 6.07) is 4.97. The highest BCUT2D eigenvalue weighted by molar-refractivity contribution is 6.05. The Morgan fingerprint density at radius 2 is 1.68 bits per heavy atom. The Labute approximate surface area is 123 Å². The van der Waals surface area contributed by atoms with E-state index in [0.29, 0.717) is 0 Å². The van der Waals surface area contributed by atoms with Gasteiger partial charge in [-0.25, -0.2) is 18.0 Å². The minimum atomic E-state index is -1.52. The molecule has 2 N–H and O–H groups in total. The van der Waals surface area contributed by atoms with Gasteiger partial charge in [0, 0.05) is 5.69 Å². The van der Waals surface area contributed by atoms with Gasteiger partial charge in [-0.15, -0.1) is 0 Å². The minimum absolute atomic E-state index is 0.0239. The van der Waals surface area contributed by atoms with Gasteiger partial charge in [0.05, 0.1) is 5.56 Å². The van der Waals surface area contributed by atoms with Gasteiger partial charge in [-0.1, -0.05) is 6.07 Å². The standard InChI is InChI=1S/C15H10F3NO3/c1-7-5-8(6-9(13(7)18)15(21)22)19-14(20)12-10(16)3-2-4-11(12)17/h2-6H,1H3,(H,19,20)(H,21,22). The minimum Gasteiger partial charge on any atom is -0.478 e. The second kappa shape index (κ2) is 5.88. The van der Waals surface area contributed by atoms with E-state index in [4.69, 9.17) is 5.11 Å². The first-order chi connectivity index (χ1) is 10.3. The summed E-state index contributed by atoms with van der Waals surface area (Å²) in [5, 5.41) is 11.0. The van der Waals surface area contributed by atoms with E-state index < -0.39 is 40.5 Å². The average Bonchev–Trinajstić information content (AvgIpc) is 2.42. The zero-order valence-electron chi connectivity index (χ0n) is 11.3. The summed E-state index contributed by atoms with van der Waals surface area (Å²) in [4.78, 5) is 22.8. The molecule has 0 atom stereocenters. The fraction of sp³-hybridized carbons (Fsp3) is 0.0667. The number of amides is 1. The van der Waals surface area contributed by atoms with E-state index in [1.54, 1.807) is 0 Å². The Hall–Kier alpha value is -2.83. The summed E-state index contributed by atoms with van der Waals surface area (Å²) in [5.74, 6) is -5.68. The summed E-state index contributed by atoms with van der Waals surface area (Å²) < 4.78 is 40.6. The van der Waals surface area contributed by atoms with Crippen molar-refractivity contribution in [2.45, 2.75) is 6.92 Å². The van der Waals surface area contributed by atoms with Crippen LogP contribution in [-0.2, 0) is 0 Å². The molecule has 2 rings (SSSR count). The maximum atomic E-state index is 13.6. The van der Waals surface area contributed by atoms with Crippen LogP contribution in [-0.4, -0.2) is 17.0 Å². The molecule has 0 unspecified atom stereocenters. The summed E-state index contributed by atoms with van der Waals surface area (Å²) in [6.45, 7) is 1.31. The highest BCUT2D eigenvalue weighted by atomic mass is 19.1. The number of hydrogen-bond acceptors (Lipinski definition) is 2. The van der Waals surface area contributed by atoms with Crippen molar-refractivity contribution in [3.63, 3.8) is 0 Å². The van der Waals surface area contributed by atoms with E-state index in [9.17, 15) is 22.8 Å². The number of carbonyl (C=O) groups is 2. The number of hydrogen-bond donors (Lipinski definition) is 2. The van der Waals surface area contributed by atoms with Gasteiger partial charge in [0.25, 0.3) is 5.91 Å². The van der Waals surface area contributed by atoms with E-state index in [1.807, 2.05) is 0 Å². The Bertz CT molecular complexity index is 755. The topological polar surface area (TPSA) is 66.4 Å². The van der Waals surface area contributed by atoms with Crippen LogP contribution in [0.1, 0.15) is 26.3 Å². The summed E-state index contributed by atoms with van der Waals surface area (Å²) in [5.41, 5.74) is -1.56. The fourth-order valence-corrected chi connectivity index (χ4v) is 1.91. The number of carbonyl (C=O) groups excluding carboxylic acids is 1. The van der Waals surface area contributed by atoms with Gasteiger partial charge in [0.2, 0.25) is 0 Å². The van der Waals surface area contributed by atoms with Crippen molar-refractivity contribution < 1.29 is 27.9 Å². The number of nitrogens with one attached hydrogen (secondary N) is 1. The number of anilines is 1. The summed E-state index contributed by atoms with van der Waals surface area (Å²) in [6.07, 6.45) is 0. The normalized spacial score (nSPS) is 10.4. The molecule has 0 saturated heterocycles. The van der Waals surface area contributed by atoms with Gasteiger partial charge in [-0.2, -0.15) is 0 Å². The molecule has 0 radical (unpaired) electrons. The number of rotatable bonds is 3. The predicted molar refractivity (Wildman–Crippen MR) is 72.4 cm³/mol. The van der Waals surface area contributed by atoms with Crippen LogP contribution < -0.4 is 5.32 Å². The summed E-state index contributed by atoms with van der Waals surface area (Å²) >= 11 is 0. The zero-order chi connectivity index (χ0) is 16.4. The number of aryl methyl sites for hydroxylation is 1. The largest absolute Gasteiger partial charge is 0.478 e. The van der Waals surface area contributed by atoms with Gasteiger partial charge in [0.15, 0.2) is 0 Å². The molecule has 0 heterocycles. The Balaban J connectivity index is 2.39. The van der Waals surface area contributed by atoms with Crippen LogP contribution in [0.15, 0.2) is 30.3 Å². The van der Waals surface area contributed by atoms with E-state index in [-0.39, 0.29) is 11.3 Å². The maximum Gasteiger partial charge on any atom is 0.338 e. The quantitative estimate of drug-likeness (QED) is 0.913. The van der Waals surface area contributed by atoms with Crippen molar-refractivity contribution in [3.8, 4) is 0 Å². The van der Waals surface area contributed by atoms with Crippen molar-refractivity contribution in [1.82, 2.24) is 0 Å². The van der Waals surface area contributed by atoms with Gasteiger partial charge < -0.3 is 10.4 Å². The monoisotopic (exact) mass is 309 g/mol. The van der Waals surface area contributed by atoms with Gasteiger partial charge in [0.1, 0.15) is 23.0 Å². The van der Waals surface area contributed by atoms with E-state index in [1.165, 1.54) is 13.0 Å². The molecule has 0 saturated carbocycles. The molecule has 0 aliphatic rings. The van der Waals surface area contributed by atoms with E-state index >= 15 is 0 Å². The second-order valence-electron chi connectivity index (χ2n) is 4.51. The molecule has 2 aromatic carbocycles. The van der Waals surface area contributed by atoms with Crippen molar-refractivity contribution >= 4 is 17.6 Å². The third-order valence-corrected chi connectivity index (χ3v) is 2.93. The number of aromatic carboxylic acids is 1. The smallest absolute Gasteiger partial charge is 0.338 e. The van der Waals surface area contributed by atoms with Crippen molar-refractivity contribution in [2.75, 3.05) is 5.32 Å². The van der Waals surface area contributed by atoms with Crippen LogP contribution in [0.4, 0.5) is 18.9 Å². The number of benzene rings is 2. The molecule has 0 bridgehead atoms. The average molecular weight is 309 g/mol. The number of carboxylic acids is 1. The molecule has 0 fully saturated rings. The second-order valence-corrected chi connectivity index (χ2v) is 4.51. The van der Waals surface area contributed by atoms with Crippen molar-refractivity contribution in [3.05, 3.63) is 64.5 Å².